The highest BCUT2D eigenvalue weighted by Gasteiger charge is 2.29. The van der Waals surface area contributed by atoms with Crippen molar-refractivity contribution in [2.75, 3.05) is 7.05 Å². The number of imide groups is 1. The molecule has 1 aromatic carbocycles. The standard InChI is InChI=1S/C12H9NO5/c1-13-9(14)5-6-2-3-7(10(15)12(17)18)4-8(6)11(13)16/h2-4H,5H2,1H3,(H,17,18). The van der Waals surface area contributed by atoms with Gasteiger partial charge in [-0.25, -0.2) is 4.79 Å². The van der Waals surface area contributed by atoms with Gasteiger partial charge in [0.05, 0.1) is 6.42 Å². The maximum atomic E-state index is 11.8. The first-order valence-corrected chi connectivity index (χ1v) is 5.13. The number of carboxylic acids is 1. The minimum Gasteiger partial charge on any atom is -0.475 e. The number of likely N-dealkylation sites (N-methyl/N-ethyl adjacent to an activating group) is 1. The van der Waals surface area contributed by atoms with Crippen molar-refractivity contribution in [3.05, 3.63) is 34.9 Å². The Bertz CT molecular complexity index is 590. The van der Waals surface area contributed by atoms with Crippen LogP contribution in [0.15, 0.2) is 18.2 Å². The highest BCUT2D eigenvalue weighted by molar-refractivity contribution is 6.40. The average Bonchev–Trinajstić information content (AvgIpc) is 2.35. The van der Waals surface area contributed by atoms with Gasteiger partial charge < -0.3 is 5.11 Å². The van der Waals surface area contributed by atoms with Crippen LogP contribution in [0.2, 0.25) is 0 Å². The fourth-order valence-electron chi connectivity index (χ4n) is 1.77. The predicted octanol–water partition coefficient (Wildman–Crippen LogP) is 0.109. The number of carboxylic acid groups (broad SMARTS) is 1. The number of hydrogen-bond acceptors (Lipinski definition) is 4. The number of amides is 2. The summed E-state index contributed by atoms with van der Waals surface area (Å²) in [5.74, 6) is -3.51. The van der Waals surface area contributed by atoms with E-state index in [4.69, 9.17) is 5.11 Å². The van der Waals surface area contributed by atoms with E-state index in [1.165, 1.54) is 25.2 Å². The van der Waals surface area contributed by atoms with Gasteiger partial charge in [0.2, 0.25) is 5.91 Å². The van der Waals surface area contributed by atoms with Gasteiger partial charge in [-0.3, -0.25) is 19.3 Å². The molecule has 0 bridgehead atoms. The van der Waals surface area contributed by atoms with Gasteiger partial charge in [-0.05, 0) is 11.6 Å². The van der Waals surface area contributed by atoms with Crippen LogP contribution < -0.4 is 0 Å². The van der Waals surface area contributed by atoms with Crippen molar-refractivity contribution < 1.29 is 24.3 Å². The minimum absolute atomic E-state index is 0.0686. The fourth-order valence-corrected chi connectivity index (χ4v) is 1.77. The molecule has 1 aromatic rings. The van der Waals surface area contributed by atoms with Crippen molar-refractivity contribution in [2.45, 2.75) is 6.42 Å². The molecule has 2 amide bonds. The highest BCUT2D eigenvalue weighted by atomic mass is 16.4. The van der Waals surface area contributed by atoms with Gasteiger partial charge in [-0.2, -0.15) is 0 Å². The van der Waals surface area contributed by atoms with Crippen LogP contribution in [0.25, 0.3) is 0 Å². The van der Waals surface area contributed by atoms with E-state index in [9.17, 15) is 19.2 Å². The molecule has 0 spiro atoms. The lowest BCUT2D eigenvalue weighted by Crippen LogP contribution is -2.39. The molecule has 0 radical (unpaired) electrons. The van der Waals surface area contributed by atoms with Crippen LogP contribution in [0.1, 0.15) is 26.3 Å². The number of ketones is 1. The number of aliphatic carboxylic acids is 1. The Morgan fingerprint density at radius 2 is 1.94 bits per heavy atom. The predicted molar refractivity (Wildman–Crippen MR) is 59.2 cm³/mol. The van der Waals surface area contributed by atoms with Crippen LogP contribution in [-0.4, -0.2) is 40.6 Å². The molecule has 1 N–H and O–H groups in total. The molecular weight excluding hydrogens is 238 g/mol. The molecule has 0 saturated heterocycles. The molecule has 0 atom stereocenters. The van der Waals surface area contributed by atoms with Gasteiger partial charge in [0.15, 0.2) is 0 Å². The van der Waals surface area contributed by atoms with Crippen LogP contribution in [0, 0.1) is 0 Å². The summed E-state index contributed by atoms with van der Waals surface area (Å²) in [7, 11) is 1.35. The summed E-state index contributed by atoms with van der Waals surface area (Å²) in [6.07, 6.45) is 0.0686. The van der Waals surface area contributed by atoms with E-state index in [0.29, 0.717) is 5.56 Å². The average molecular weight is 247 g/mol. The molecule has 0 aliphatic carbocycles. The van der Waals surface area contributed by atoms with Gasteiger partial charge in [0.25, 0.3) is 11.7 Å². The summed E-state index contributed by atoms with van der Waals surface area (Å²) in [5.41, 5.74) is 0.631. The zero-order chi connectivity index (χ0) is 13.4. The lowest BCUT2D eigenvalue weighted by Gasteiger charge is -2.23. The van der Waals surface area contributed by atoms with E-state index in [-0.39, 0.29) is 23.5 Å². The largest absolute Gasteiger partial charge is 0.475 e. The number of rotatable bonds is 2. The fraction of sp³-hybridized carbons (Fsp3) is 0.167. The third-order valence-electron chi connectivity index (χ3n) is 2.82. The maximum Gasteiger partial charge on any atom is 0.377 e. The Hall–Kier alpha value is -2.50. The van der Waals surface area contributed by atoms with Crippen molar-refractivity contribution in [1.82, 2.24) is 4.90 Å². The Morgan fingerprint density at radius 3 is 2.56 bits per heavy atom. The molecule has 2 rings (SSSR count). The first-order chi connectivity index (χ1) is 8.41. The Morgan fingerprint density at radius 1 is 1.28 bits per heavy atom. The van der Waals surface area contributed by atoms with Crippen molar-refractivity contribution in [2.24, 2.45) is 0 Å². The molecule has 0 saturated carbocycles. The number of nitrogens with zero attached hydrogens (tertiary/aromatic N) is 1. The number of benzene rings is 1. The Kier molecular flexibility index (Phi) is 2.70. The monoisotopic (exact) mass is 247 g/mol. The van der Waals surface area contributed by atoms with E-state index in [0.717, 1.165) is 4.90 Å². The normalized spacial score (nSPS) is 14.4. The van der Waals surface area contributed by atoms with Crippen LogP contribution in [0.4, 0.5) is 0 Å². The molecule has 6 heteroatoms. The van der Waals surface area contributed by atoms with Gasteiger partial charge in [-0.1, -0.05) is 12.1 Å². The Balaban J connectivity index is 2.50. The number of carbonyl (C=O) groups is 4. The topological polar surface area (TPSA) is 91.8 Å². The molecule has 0 fully saturated rings. The van der Waals surface area contributed by atoms with Crippen molar-refractivity contribution >= 4 is 23.6 Å². The maximum absolute atomic E-state index is 11.8. The second-order valence-corrected chi connectivity index (χ2v) is 3.94. The van der Waals surface area contributed by atoms with Gasteiger partial charge in [0.1, 0.15) is 0 Å². The van der Waals surface area contributed by atoms with E-state index in [1.54, 1.807) is 0 Å². The summed E-state index contributed by atoms with van der Waals surface area (Å²) >= 11 is 0. The molecular formula is C12H9NO5. The number of Topliss-reactive ketones (excluding diaryl/α,β-unsaturated/α-hetero) is 1. The van der Waals surface area contributed by atoms with Crippen molar-refractivity contribution in [1.29, 1.82) is 0 Å². The first-order valence-electron chi connectivity index (χ1n) is 5.13. The van der Waals surface area contributed by atoms with Crippen molar-refractivity contribution in [3.8, 4) is 0 Å². The van der Waals surface area contributed by atoms with Crippen LogP contribution in [0.3, 0.4) is 0 Å². The lowest BCUT2D eigenvalue weighted by atomic mass is 9.95. The summed E-state index contributed by atoms with van der Waals surface area (Å²) in [6.45, 7) is 0. The van der Waals surface area contributed by atoms with Crippen LogP contribution >= 0.6 is 0 Å². The molecule has 1 heterocycles. The second kappa shape index (κ2) is 4.06. The molecule has 1 aliphatic heterocycles. The minimum atomic E-state index is -1.58. The molecule has 92 valence electrons. The summed E-state index contributed by atoms with van der Waals surface area (Å²) in [5, 5.41) is 8.60. The van der Waals surface area contributed by atoms with E-state index < -0.39 is 17.7 Å². The van der Waals surface area contributed by atoms with E-state index in [2.05, 4.69) is 0 Å². The number of carbonyl (C=O) groups excluding carboxylic acids is 3. The molecule has 0 unspecified atom stereocenters. The summed E-state index contributed by atoms with van der Waals surface area (Å²) in [4.78, 5) is 46.1. The quantitative estimate of drug-likeness (QED) is 0.455. The highest BCUT2D eigenvalue weighted by Crippen LogP contribution is 2.20. The number of fused-ring (bicyclic) bond motifs is 1. The third-order valence-corrected chi connectivity index (χ3v) is 2.82. The lowest BCUT2D eigenvalue weighted by molar-refractivity contribution is -0.132. The van der Waals surface area contributed by atoms with E-state index in [1.807, 2.05) is 0 Å². The molecule has 6 nitrogen and oxygen atoms in total. The van der Waals surface area contributed by atoms with Gasteiger partial charge >= 0.3 is 5.97 Å². The third kappa shape index (κ3) is 1.77. The zero-order valence-corrected chi connectivity index (χ0v) is 9.47. The number of hydrogen-bond donors (Lipinski definition) is 1. The van der Waals surface area contributed by atoms with Crippen molar-refractivity contribution in [3.63, 3.8) is 0 Å². The molecule has 18 heavy (non-hydrogen) atoms. The summed E-state index contributed by atoms with van der Waals surface area (Å²) < 4.78 is 0. The molecule has 0 aromatic heterocycles. The SMILES string of the molecule is CN1C(=O)Cc2ccc(C(=O)C(=O)O)cc2C1=O. The second-order valence-electron chi connectivity index (χ2n) is 3.94. The first kappa shape index (κ1) is 12.0. The molecule has 1 aliphatic rings. The van der Waals surface area contributed by atoms with Crippen LogP contribution in [0.5, 0.6) is 0 Å². The van der Waals surface area contributed by atoms with E-state index >= 15 is 0 Å². The summed E-state index contributed by atoms with van der Waals surface area (Å²) in [6, 6.07) is 3.96. The van der Waals surface area contributed by atoms with Crippen LogP contribution in [-0.2, 0) is 16.0 Å². The smallest absolute Gasteiger partial charge is 0.377 e. The Labute approximate surface area is 102 Å². The van der Waals surface area contributed by atoms with Gasteiger partial charge in [0, 0.05) is 18.2 Å². The van der Waals surface area contributed by atoms with Gasteiger partial charge in [-0.15, -0.1) is 0 Å². The zero-order valence-electron chi connectivity index (χ0n) is 9.47.